The van der Waals surface area contributed by atoms with Gasteiger partial charge >= 0.3 is 5.97 Å². The molecule has 1 aromatic heterocycles. The topological polar surface area (TPSA) is 80.0 Å². The molecule has 0 saturated carbocycles. The van der Waals surface area contributed by atoms with Crippen LogP contribution < -0.4 is 14.2 Å². The number of benzene rings is 2. The van der Waals surface area contributed by atoms with Gasteiger partial charge in [0.15, 0.2) is 11.5 Å². The van der Waals surface area contributed by atoms with Crippen LogP contribution in [0.15, 0.2) is 40.8 Å². The lowest BCUT2D eigenvalue weighted by molar-refractivity contribution is -0.146. The fourth-order valence-electron chi connectivity index (χ4n) is 4.05. The van der Waals surface area contributed by atoms with Crippen LogP contribution in [0, 0.1) is 6.92 Å². The van der Waals surface area contributed by atoms with Crippen LogP contribution in [-0.2, 0) is 22.4 Å². The molecule has 3 aromatic rings. The van der Waals surface area contributed by atoms with Gasteiger partial charge in [0, 0.05) is 18.9 Å². The minimum Gasteiger partial charge on any atom is -0.493 e. The van der Waals surface area contributed by atoms with E-state index in [2.05, 4.69) is 4.98 Å². The van der Waals surface area contributed by atoms with Gasteiger partial charge < -0.3 is 23.4 Å². The number of fused-ring (bicyclic) bond motifs is 2. The van der Waals surface area contributed by atoms with Crippen LogP contribution in [0.1, 0.15) is 42.0 Å². The lowest BCUT2D eigenvalue weighted by Gasteiger charge is -2.12. The maximum Gasteiger partial charge on any atom is 0.303 e. The van der Waals surface area contributed by atoms with Crippen molar-refractivity contribution in [3.63, 3.8) is 0 Å². The Kier molecular flexibility index (Phi) is 5.02. The predicted molar refractivity (Wildman–Crippen MR) is 111 cm³/mol. The molecular formula is C24H23NO6. The number of aromatic nitrogens is 1. The van der Waals surface area contributed by atoms with Gasteiger partial charge in [0.25, 0.3) is 0 Å². The molecule has 0 spiro atoms. The smallest absolute Gasteiger partial charge is 0.303 e. The average Bonchev–Trinajstić information content (AvgIpc) is 3.46. The molecule has 31 heavy (non-hydrogen) atoms. The van der Waals surface area contributed by atoms with Crippen molar-refractivity contribution in [2.45, 2.75) is 39.2 Å². The quantitative estimate of drug-likeness (QED) is 0.540. The highest BCUT2D eigenvalue weighted by atomic mass is 16.7. The lowest BCUT2D eigenvalue weighted by Crippen LogP contribution is -2.05. The molecule has 1 aliphatic carbocycles. The summed E-state index contributed by atoms with van der Waals surface area (Å²) < 4.78 is 28.0. The summed E-state index contributed by atoms with van der Waals surface area (Å²) in [7, 11) is 0. The Morgan fingerprint density at radius 2 is 2.03 bits per heavy atom. The first-order valence-corrected chi connectivity index (χ1v) is 10.4. The monoisotopic (exact) mass is 421 g/mol. The zero-order valence-electron chi connectivity index (χ0n) is 17.5. The van der Waals surface area contributed by atoms with Crippen molar-refractivity contribution in [2.24, 2.45) is 0 Å². The van der Waals surface area contributed by atoms with Gasteiger partial charge in [-0.05, 0) is 61.2 Å². The van der Waals surface area contributed by atoms with E-state index in [1.165, 1.54) is 12.5 Å². The first-order valence-electron chi connectivity index (χ1n) is 10.4. The van der Waals surface area contributed by atoms with Gasteiger partial charge in [-0.1, -0.05) is 6.07 Å². The van der Waals surface area contributed by atoms with E-state index in [4.69, 9.17) is 23.4 Å². The number of hydrogen-bond acceptors (Lipinski definition) is 7. The summed E-state index contributed by atoms with van der Waals surface area (Å²) in [6.45, 7) is 4.07. The highest BCUT2D eigenvalue weighted by Crippen LogP contribution is 2.37. The number of oxazole rings is 1. The molecule has 7 nitrogen and oxygen atoms in total. The maximum atomic E-state index is 11.2. The Balaban J connectivity index is 1.22. The van der Waals surface area contributed by atoms with Crippen LogP contribution in [0.2, 0.25) is 0 Å². The van der Waals surface area contributed by atoms with Crippen LogP contribution in [0.4, 0.5) is 0 Å². The number of esters is 1. The fourth-order valence-corrected chi connectivity index (χ4v) is 4.05. The molecule has 2 heterocycles. The molecule has 1 atom stereocenters. The molecule has 0 N–H and O–H groups in total. The largest absolute Gasteiger partial charge is 0.493 e. The Hall–Kier alpha value is -3.48. The third-order valence-electron chi connectivity index (χ3n) is 5.57. The molecule has 160 valence electrons. The molecule has 1 unspecified atom stereocenters. The van der Waals surface area contributed by atoms with Crippen LogP contribution in [-0.4, -0.2) is 24.4 Å². The van der Waals surface area contributed by atoms with Gasteiger partial charge in [-0.25, -0.2) is 4.98 Å². The molecule has 1 aliphatic heterocycles. The first-order chi connectivity index (χ1) is 15.1. The number of hydrogen-bond donors (Lipinski definition) is 0. The van der Waals surface area contributed by atoms with E-state index in [0.717, 1.165) is 46.9 Å². The van der Waals surface area contributed by atoms with Crippen LogP contribution in [0.5, 0.6) is 17.2 Å². The van der Waals surface area contributed by atoms with Crippen molar-refractivity contribution >= 4 is 5.97 Å². The molecule has 5 rings (SSSR count). The van der Waals surface area contributed by atoms with Crippen molar-refractivity contribution in [3.05, 3.63) is 59.0 Å². The predicted octanol–water partition coefficient (Wildman–Crippen LogP) is 4.55. The molecular weight excluding hydrogens is 398 g/mol. The normalized spacial score (nSPS) is 16.3. The molecule has 0 saturated heterocycles. The zero-order chi connectivity index (χ0) is 21.4. The van der Waals surface area contributed by atoms with E-state index < -0.39 is 0 Å². The first kappa shape index (κ1) is 19.5. The molecule has 0 fully saturated rings. The molecule has 0 bridgehead atoms. The number of carbonyl (C=O) groups is 1. The van der Waals surface area contributed by atoms with Gasteiger partial charge in [-0.3, -0.25) is 4.79 Å². The standard InChI is InChI=1S/C24H23NO6/c1-14-20(25-24(30-14)17-4-8-22-23(12-17)29-13-28-22)9-10-27-18-5-6-19-16(11-18)3-7-21(19)31-15(2)26/h4-6,8,11-12,21H,3,7,9-10,13H2,1-2H3. The summed E-state index contributed by atoms with van der Waals surface area (Å²) in [6.07, 6.45) is 2.19. The van der Waals surface area contributed by atoms with Crippen molar-refractivity contribution in [1.82, 2.24) is 4.98 Å². The summed E-state index contributed by atoms with van der Waals surface area (Å²) in [6, 6.07) is 11.6. The Morgan fingerprint density at radius 1 is 1.16 bits per heavy atom. The maximum absolute atomic E-state index is 11.2. The molecule has 0 amide bonds. The minimum atomic E-state index is -0.249. The van der Waals surface area contributed by atoms with Crippen LogP contribution in [0.3, 0.4) is 0 Å². The van der Waals surface area contributed by atoms with E-state index >= 15 is 0 Å². The highest BCUT2D eigenvalue weighted by molar-refractivity contribution is 5.66. The number of aryl methyl sites for hydroxylation is 2. The van der Waals surface area contributed by atoms with Gasteiger partial charge in [0.1, 0.15) is 17.6 Å². The van der Waals surface area contributed by atoms with E-state index in [-0.39, 0.29) is 18.9 Å². The average molecular weight is 421 g/mol. The Morgan fingerprint density at radius 3 is 2.90 bits per heavy atom. The van der Waals surface area contributed by atoms with E-state index in [1.807, 2.05) is 43.3 Å². The summed E-state index contributed by atoms with van der Waals surface area (Å²) >= 11 is 0. The summed E-state index contributed by atoms with van der Waals surface area (Å²) in [5.41, 5.74) is 3.96. The van der Waals surface area contributed by atoms with Crippen LogP contribution >= 0.6 is 0 Å². The fraction of sp³-hybridized carbons (Fsp3) is 0.333. The second kappa shape index (κ2) is 7.98. The highest BCUT2D eigenvalue weighted by Gasteiger charge is 2.25. The minimum absolute atomic E-state index is 0.145. The van der Waals surface area contributed by atoms with Crippen molar-refractivity contribution in [1.29, 1.82) is 0 Å². The zero-order valence-corrected chi connectivity index (χ0v) is 17.5. The molecule has 2 aromatic carbocycles. The lowest BCUT2D eigenvalue weighted by atomic mass is 10.1. The molecule has 0 radical (unpaired) electrons. The van der Waals surface area contributed by atoms with E-state index in [1.54, 1.807) is 0 Å². The number of carbonyl (C=O) groups excluding carboxylic acids is 1. The second-order valence-electron chi connectivity index (χ2n) is 7.69. The number of nitrogens with zero attached hydrogens (tertiary/aromatic N) is 1. The third-order valence-corrected chi connectivity index (χ3v) is 5.57. The van der Waals surface area contributed by atoms with Gasteiger partial charge in [0.2, 0.25) is 12.7 Å². The summed E-state index contributed by atoms with van der Waals surface area (Å²) in [4.78, 5) is 15.9. The van der Waals surface area contributed by atoms with Gasteiger partial charge in [-0.15, -0.1) is 0 Å². The Labute approximate surface area is 179 Å². The third kappa shape index (κ3) is 3.95. The SMILES string of the molecule is CC(=O)OC1CCc2cc(OCCc3nc(-c4ccc5c(c4)OCO5)oc3C)ccc21. The van der Waals surface area contributed by atoms with Crippen molar-refractivity contribution in [2.75, 3.05) is 13.4 Å². The number of rotatable bonds is 6. The number of ether oxygens (including phenoxy) is 4. The van der Waals surface area contributed by atoms with Gasteiger partial charge in [-0.2, -0.15) is 0 Å². The summed E-state index contributed by atoms with van der Waals surface area (Å²) in [5, 5.41) is 0. The van der Waals surface area contributed by atoms with Crippen molar-refractivity contribution in [3.8, 4) is 28.7 Å². The van der Waals surface area contributed by atoms with E-state index in [0.29, 0.717) is 24.7 Å². The van der Waals surface area contributed by atoms with E-state index in [9.17, 15) is 4.79 Å². The van der Waals surface area contributed by atoms with Gasteiger partial charge in [0.05, 0.1) is 12.3 Å². The molecule has 2 aliphatic rings. The van der Waals surface area contributed by atoms with Crippen molar-refractivity contribution < 1.29 is 28.2 Å². The summed E-state index contributed by atoms with van der Waals surface area (Å²) in [5.74, 6) is 3.31. The van der Waals surface area contributed by atoms with Crippen LogP contribution in [0.25, 0.3) is 11.5 Å². The second-order valence-corrected chi connectivity index (χ2v) is 7.69. The Bertz CT molecular complexity index is 1140. The molecule has 7 heteroatoms.